The van der Waals surface area contributed by atoms with Gasteiger partial charge in [-0.15, -0.1) is 12.4 Å². The number of nitrogens with two attached hydrogens (primary N) is 5. The first-order valence-electron chi connectivity index (χ1n) is 10.3. The standard InChI is InChI=1S/C18H36N6O6S2.ClH/c19-7-3-1-5-11(21)15(25)24(16(26)12(22)6-2-4-8-20)14(18(29)30)10-32-31-9-13(23)17(27)28;/h11-14H,1-10,19-23H2,(H,27,28)(H,29,30);1H/t11-,12-,13-,14-;/m0./s1. The summed E-state index contributed by atoms with van der Waals surface area (Å²) in [5.74, 6) is -4.39. The number of carboxylic acids is 2. The molecule has 0 aliphatic heterocycles. The Bertz CT molecular complexity index is 593. The Kier molecular flexibility index (Phi) is 19.8. The molecular weight excluding hydrogens is 496 g/mol. The summed E-state index contributed by atoms with van der Waals surface area (Å²) in [6, 6.07) is -4.81. The summed E-state index contributed by atoms with van der Waals surface area (Å²) >= 11 is 0. The van der Waals surface area contributed by atoms with Crippen molar-refractivity contribution in [3.8, 4) is 0 Å². The molecule has 0 spiro atoms. The SMILES string of the molecule is Cl.NCCCC[C@H](N)C(=O)N(C(=O)[C@@H](N)CCCCN)[C@@H](CSSC[C@H](N)C(=O)O)C(=O)O. The Morgan fingerprint density at radius 3 is 1.48 bits per heavy atom. The van der Waals surface area contributed by atoms with Gasteiger partial charge < -0.3 is 38.9 Å². The number of aliphatic carboxylic acids is 2. The van der Waals surface area contributed by atoms with Crippen molar-refractivity contribution in [2.75, 3.05) is 24.6 Å². The molecule has 0 aromatic carbocycles. The van der Waals surface area contributed by atoms with E-state index >= 15 is 0 Å². The van der Waals surface area contributed by atoms with Crippen LogP contribution in [0.1, 0.15) is 38.5 Å². The Labute approximate surface area is 207 Å². The second-order valence-corrected chi connectivity index (χ2v) is 9.75. The molecule has 15 heteroatoms. The fourth-order valence-electron chi connectivity index (χ4n) is 2.60. The van der Waals surface area contributed by atoms with Gasteiger partial charge in [0.25, 0.3) is 0 Å². The topological polar surface area (TPSA) is 242 Å². The molecule has 0 rings (SSSR count). The normalized spacial score (nSPS) is 14.5. The Morgan fingerprint density at radius 2 is 1.12 bits per heavy atom. The van der Waals surface area contributed by atoms with Crippen LogP contribution in [0.15, 0.2) is 0 Å². The molecule has 0 fully saturated rings. The van der Waals surface area contributed by atoms with Crippen molar-refractivity contribution in [1.29, 1.82) is 0 Å². The zero-order valence-corrected chi connectivity index (χ0v) is 20.9. The predicted molar refractivity (Wildman–Crippen MR) is 133 cm³/mol. The first-order chi connectivity index (χ1) is 15.1. The van der Waals surface area contributed by atoms with Crippen LogP contribution < -0.4 is 28.7 Å². The molecular formula is C18H37ClN6O6S2. The fraction of sp³-hybridized carbons (Fsp3) is 0.778. The highest BCUT2D eigenvalue weighted by Gasteiger charge is 2.39. The van der Waals surface area contributed by atoms with Gasteiger partial charge in [0.15, 0.2) is 0 Å². The molecule has 0 saturated heterocycles. The number of hydrogen-bond donors (Lipinski definition) is 7. The molecule has 0 radical (unpaired) electrons. The van der Waals surface area contributed by atoms with Crippen molar-refractivity contribution in [2.24, 2.45) is 28.7 Å². The smallest absolute Gasteiger partial charge is 0.327 e. The van der Waals surface area contributed by atoms with E-state index in [9.17, 15) is 24.3 Å². The maximum Gasteiger partial charge on any atom is 0.327 e. The molecule has 4 atom stereocenters. The van der Waals surface area contributed by atoms with Crippen molar-refractivity contribution in [3.63, 3.8) is 0 Å². The van der Waals surface area contributed by atoms with Gasteiger partial charge in [0, 0.05) is 11.5 Å². The largest absolute Gasteiger partial charge is 0.480 e. The Hall–Kier alpha value is -1.13. The first-order valence-corrected chi connectivity index (χ1v) is 12.8. The molecule has 0 aromatic rings. The molecule has 0 bridgehead atoms. The van der Waals surface area contributed by atoms with Gasteiger partial charge in [-0.25, -0.2) is 4.79 Å². The van der Waals surface area contributed by atoms with Gasteiger partial charge >= 0.3 is 11.9 Å². The number of amides is 2. The zero-order chi connectivity index (χ0) is 24.7. The van der Waals surface area contributed by atoms with Crippen molar-refractivity contribution >= 4 is 57.7 Å². The van der Waals surface area contributed by atoms with Crippen molar-refractivity contribution in [3.05, 3.63) is 0 Å². The van der Waals surface area contributed by atoms with Gasteiger partial charge in [-0.3, -0.25) is 19.3 Å². The zero-order valence-electron chi connectivity index (χ0n) is 18.5. The Balaban J connectivity index is 0. The third-order valence-corrected chi connectivity index (χ3v) is 6.95. The lowest BCUT2D eigenvalue weighted by Gasteiger charge is -2.31. The lowest BCUT2D eigenvalue weighted by molar-refractivity contribution is -0.158. The van der Waals surface area contributed by atoms with Crippen molar-refractivity contribution < 1.29 is 29.4 Å². The van der Waals surface area contributed by atoms with E-state index in [0.29, 0.717) is 43.7 Å². The molecule has 0 unspecified atom stereocenters. The van der Waals surface area contributed by atoms with Crippen LogP contribution in [-0.4, -0.2) is 87.6 Å². The summed E-state index contributed by atoms with van der Waals surface area (Å²) in [6.45, 7) is 0.833. The second-order valence-electron chi connectivity index (χ2n) is 7.20. The number of halogens is 1. The number of nitrogens with zero attached hydrogens (tertiary/aromatic N) is 1. The molecule has 2 amide bonds. The van der Waals surface area contributed by atoms with Crippen LogP contribution in [0.25, 0.3) is 0 Å². The van der Waals surface area contributed by atoms with Gasteiger partial charge in [0.2, 0.25) is 11.8 Å². The second kappa shape index (κ2) is 19.2. The van der Waals surface area contributed by atoms with Gasteiger partial charge in [-0.05, 0) is 38.8 Å². The predicted octanol–water partition coefficient (Wildman–Crippen LogP) is -1.08. The summed E-state index contributed by atoms with van der Waals surface area (Å²) in [6.07, 6.45) is 2.83. The van der Waals surface area contributed by atoms with E-state index in [4.69, 9.17) is 33.8 Å². The monoisotopic (exact) mass is 532 g/mol. The number of carboxylic acid groups (broad SMARTS) is 2. The number of unbranched alkanes of at least 4 members (excludes halogenated alkanes) is 2. The quantitative estimate of drug-likeness (QED) is 0.0821. The molecule has 12 nitrogen and oxygen atoms in total. The summed E-state index contributed by atoms with van der Waals surface area (Å²) in [5, 5.41) is 18.6. The van der Waals surface area contributed by atoms with Crippen LogP contribution in [-0.2, 0) is 19.2 Å². The number of carbonyl (C=O) groups is 4. The van der Waals surface area contributed by atoms with Gasteiger partial charge in [0.05, 0.1) is 12.1 Å². The minimum absolute atomic E-state index is 0. The lowest BCUT2D eigenvalue weighted by Crippen LogP contribution is -2.59. The number of imide groups is 1. The van der Waals surface area contributed by atoms with E-state index in [1.54, 1.807) is 0 Å². The van der Waals surface area contributed by atoms with E-state index in [0.717, 1.165) is 21.6 Å². The summed E-state index contributed by atoms with van der Waals surface area (Å²) in [5.41, 5.74) is 28.2. The fourth-order valence-corrected chi connectivity index (χ4v) is 4.90. The first kappa shape index (κ1) is 34.0. The third kappa shape index (κ3) is 13.4. The average molecular weight is 533 g/mol. The summed E-state index contributed by atoms with van der Waals surface area (Å²) in [7, 11) is 2.03. The minimum Gasteiger partial charge on any atom is -0.480 e. The minimum atomic E-state index is -1.52. The van der Waals surface area contributed by atoms with E-state index in [2.05, 4.69) is 0 Å². The van der Waals surface area contributed by atoms with Gasteiger partial charge in [-0.2, -0.15) is 0 Å². The summed E-state index contributed by atoms with van der Waals surface area (Å²) < 4.78 is 0. The third-order valence-electron chi connectivity index (χ3n) is 4.52. The number of carbonyl (C=O) groups excluding carboxylic acids is 2. The average Bonchev–Trinajstić information content (AvgIpc) is 2.74. The number of rotatable bonds is 18. The van der Waals surface area contributed by atoms with Gasteiger partial charge in [-0.1, -0.05) is 34.4 Å². The van der Waals surface area contributed by atoms with E-state index in [-0.39, 0.29) is 36.8 Å². The molecule has 194 valence electrons. The van der Waals surface area contributed by atoms with Crippen molar-refractivity contribution in [1.82, 2.24) is 4.90 Å². The molecule has 0 heterocycles. The van der Waals surface area contributed by atoms with Crippen LogP contribution in [0.4, 0.5) is 0 Å². The molecule has 0 aliphatic carbocycles. The van der Waals surface area contributed by atoms with Crippen LogP contribution >= 0.6 is 34.0 Å². The molecule has 0 saturated carbocycles. The highest BCUT2D eigenvalue weighted by molar-refractivity contribution is 8.76. The summed E-state index contributed by atoms with van der Waals surface area (Å²) in [4.78, 5) is 49.4. The van der Waals surface area contributed by atoms with Crippen LogP contribution in [0.5, 0.6) is 0 Å². The Morgan fingerprint density at radius 1 is 0.697 bits per heavy atom. The maximum absolute atomic E-state index is 13.0. The molecule has 0 aliphatic rings. The molecule has 12 N–H and O–H groups in total. The number of hydrogen-bond acceptors (Lipinski definition) is 11. The van der Waals surface area contributed by atoms with Crippen LogP contribution in [0.2, 0.25) is 0 Å². The highest BCUT2D eigenvalue weighted by atomic mass is 35.5. The maximum atomic E-state index is 13.0. The van der Waals surface area contributed by atoms with E-state index in [1.807, 2.05) is 0 Å². The van der Waals surface area contributed by atoms with Crippen molar-refractivity contribution in [2.45, 2.75) is 62.7 Å². The molecule has 33 heavy (non-hydrogen) atoms. The van der Waals surface area contributed by atoms with E-state index < -0.39 is 47.9 Å². The van der Waals surface area contributed by atoms with Crippen LogP contribution in [0, 0.1) is 0 Å². The molecule has 0 aromatic heterocycles. The lowest BCUT2D eigenvalue weighted by atomic mass is 10.0. The van der Waals surface area contributed by atoms with Crippen LogP contribution in [0.3, 0.4) is 0 Å². The highest BCUT2D eigenvalue weighted by Crippen LogP contribution is 2.25. The van der Waals surface area contributed by atoms with E-state index in [1.165, 1.54) is 0 Å². The van der Waals surface area contributed by atoms with Gasteiger partial charge in [0.1, 0.15) is 12.1 Å².